The van der Waals surface area contributed by atoms with Gasteiger partial charge in [0, 0.05) is 5.70 Å². The second kappa shape index (κ2) is 2.80. The van der Waals surface area contributed by atoms with Gasteiger partial charge in [0.15, 0.2) is 0 Å². The Morgan fingerprint density at radius 1 is 1.70 bits per heavy atom. The SMILES string of the molecule is C/C(N)=C1\C=CC=C(Cl)N1. The molecule has 0 fully saturated rings. The monoisotopic (exact) mass is 156 g/mol. The van der Waals surface area contributed by atoms with E-state index in [0.717, 1.165) is 11.4 Å². The molecule has 0 aromatic heterocycles. The molecule has 0 aliphatic carbocycles. The molecule has 1 aliphatic rings. The molecule has 0 radical (unpaired) electrons. The second-order valence-corrected chi connectivity index (χ2v) is 2.50. The Hall–Kier alpha value is -0.890. The third-order valence-corrected chi connectivity index (χ3v) is 1.40. The zero-order valence-corrected chi connectivity index (χ0v) is 6.44. The first-order chi connectivity index (χ1) is 4.70. The molecular weight excluding hydrogens is 148 g/mol. The van der Waals surface area contributed by atoms with Gasteiger partial charge in [-0.15, -0.1) is 0 Å². The van der Waals surface area contributed by atoms with Crippen LogP contribution in [0.1, 0.15) is 6.92 Å². The van der Waals surface area contributed by atoms with Crippen LogP contribution in [0.5, 0.6) is 0 Å². The Balaban J connectivity index is 2.83. The van der Waals surface area contributed by atoms with Gasteiger partial charge < -0.3 is 11.1 Å². The van der Waals surface area contributed by atoms with Crippen molar-refractivity contribution >= 4 is 11.6 Å². The molecule has 1 rings (SSSR count). The molecule has 0 atom stereocenters. The van der Waals surface area contributed by atoms with Gasteiger partial charge in [-0.1, -0.05) is 17.7 Å². The van der Waals surface area contributed by atoms with Crippen LogP contribution in [0.15, 0.2) is 34.8 Å². The largest absolute Gasteiger partial charge is 0.401 e. The summed E-state index contributed by atoms with van der Waals surface area (Å²) < 4.78 is 0. The van der Waals surface area contributed by atoms with Crippen LogP contribution in [0.4, 0.5) is 0 Å². The predicted molar refractivity (Wildman–Crippen MR) is 43.1 cm³/mol. The van der Waals surface area contributed by atoms with Crippen LogP contribution < -0.4 is 11.1 Å². The summed E-state index contributed by atoms with van der Waals surface area (Å²) in [6, 6.07) is 0. The molecule has 10 heavy (non-hydrogen) atoms. The van der Waals surface area contributed by atoms with Gasteiger partial charge in [-0.05, 0) is 19.1 Å². The quantitative estimate of drug-likeness (QED) is 0.521. The van der Waals surface area contributed by atoms with E-state index in [9.17, 15) is 0 Å². The van der Waals surface area contributed by atoms with Gasteiger partial charge in [-0.25, -0.2) is 0 Å². The minimum atomic E-state index is 0.599. The maximum absolute atomic E-state index is 5.66. The molecule has 0 saturated carbocycles. The van der Waals surface area contributed by atoms with Crippen molar-refractivity contribution in [1.29, 1.82) is 0 Å². The maximum Gasteiger partial charge on any atom is 0.106 e. The zero-order chi connectivity index (χ0) is 7.56. The van der Waals surface area contributed by atoms with Crippen molar-refractivity contribution in [1.82, 2.24) is 5.32 Å². The maximum atomic E-state index is 5.66. The Kier molecular flexibility index (Phi) is 2.02. The first kappa shape index (κ1) is 7.22. The molecule has 3 heteroatoms. The predicted octanol–water partition coefficient (Wildman–Crippen LogP) is 1.42. The summed E-state index contributed by atoms with van der Waals surface area (Å²) in [5, 5.41) is 3.51. The van der Waals surface area contributed by atoms with E-state index in [1.54, 1.807) is 6.08 Å². The number of hydrogen-bond donors (Lipinski definition) is 2. The number of dihydropyridines is 1. The topological polar surface area (TPSA) is 38.0 Å². The smallest absolute Gasteiger partial charge is 0.106 e. The summed E-state index contributed by atoms with van der Waals surface area (Å²) >= 11 is 5.66. The molecule has 0 spiro atoms. The molecule has 0 amide bonds. The molecular formula is C7H9ClN2. The minimum Gasteiger partial charge on any atom is -0.401 e. The standard InChI is InChI=1S/C7H9ClN2/c1-5(9)6-3-2-4-7(8)10-6/h2-4,10H,9H2,1H3/b6-5-. The highest BCUT2D eigenvalue weighted by Crippen LogP contribution is 2.09. The number of halogens is 1. The van der Waals surface area contributed by atoms with E-state index in [2.05, 4.69) is 5.32 Å². The fourth-order valence-electron chi connectivity index (χ4n) is 0.671. The van der Waals surface area contributed by atoms with Crippen molar-refractivity contribution in [3.63, 3.8) is 0 Å². The molecule has 0 unspecified atom stereocenters. The lowest BCUT2D eigenvalue weighted by Crippen LogP contribution is -2.14. The van der Waals surface area contributed by atoms with E-state index < -0.39 is 0 Å². The van der Waals surface area contributed by atoms with Gasteiger partial charge >= 0.3 is 0 Å². The number of nitrogens with two attached hydrogens (primary N) is 1. The van der Waals surface area contributed by atoms with Crippen molar-refractivity contribution in [3.05, 3.63) is 34.8 Å². The Morgan fingerprint density at radius 3 is 2.80 bits per heavy atom. The summed E-state index contributed by atoms with van der Waals surface area (Å²) in [4.78, 5) is 0. The summed E-state index contributed by atoms with van der Waals surface area (Å²) in [5.74, 6) is 0. The van der Waals surface area contributed by atoms with Crippen LogP contribution in [-0.4, -0.2) is 0 Å². The number of allylic oxidation sites excluding steroid dienone is 4. The fourth-order valence-corrected chi connectivity index (χ4v) is 0.845. The van der Waals surface area contributed by atoms with Crippen molar-refractivity contribution in [2.75, 3.05) is 0 Å². The van der Waals surface area contributed by atoms with E-state index in [1.165, 1.54) is 0 Å². The molecule has 0 saturated heterocycles. The molecule has 2 nitrogen and oxygen atoms in total. The Bertz CT molecular complexity index is 222. The van der Waals surface area contributed by atoms with Crippen LogP contribution in [0, 0.1) is 0 Å². The summed E-state index contributed by atoms with van der Waals surface area (Å²) in [6.07, 6.45) is 5.50. The lowest BCUT2D eigenvalue weighted by Gasteiger charge is -2.10. The molecule has 0 bridgehead atoms. The van der Waals surface area contributed by atoms with Gasteiger partial charge in [0.05, 0.1) is 5.70 Å². The average molecular weight is 157 g/mol. The van der Waals surface area contributed by atoms with Crippen molar-refractivity contribution in [2.24, 2.45) is 5.73 Å². The van der Waals surface area contributed by atoms with Gasteiger partial charge in [0.1, 0.15) is 5.16 Å². The molecule has 0 aromatic carbocycles. The van der Waals surface area contributed by atoms with E-state index in [1.807, 2.05) is 19.1 Å². The van der Waals surface area contributed by atoms with Gasteiger partial charge in [0.2, 0.25) is 0 Å². The lowest BCUT2D eigenvalue weighted by atomic mass is 10.3. The highest BCUT2D eigenvalue weighted by molar-refractivity contribution is 6.29. The first-order valence-corrected chi connectivity index (χ1v) is 3.35. The third-order valence-electron chi connectivity index (χ3n) is 1.18. The Labute approximate surface area is 65.0 Å². The van der Waals surface area contributed by atoms with E-state index in [-0.39, 0.29) is 0 Å². The van der Waals surface area contributed by atoms with Crippen LogP contribution in [0.2, 0.25) is 0 Å². The van der Waals surface area contributed by atoms with Crippen molar-refractivity contribution < 1.29 is 0 Å². The fraction of sp³-hybridized carbons (Fsp3) is 0.143. The van der Waals surface area contributed by atoms with Gasteiger partial charge in [0.25, 0.3) is 0 Å². The number of rotatable bonds is 0. The molecule has 54 valence electrons. The third kappa shape index (κ3) is 1.54. The summed E-state index contributed by atoms with van der Waals surface area (Å²) in [5.41, 5.74) is 7.12. The highest BCUT2D eigenvalue weighted by atomic mass is 35.5. The number of nitrogens with one attached hydrogen (secondary N) is 1. The second-order valence-electron chi connectivity index (χ2n) is 2.10. The molecule has 3 N–H and O–H groups in total. The van der Waals surface area contributed by atoms with Gasteiger partial charge in [-0.3, -0.25) is 0 Å². The Morgan fingerprint density at radius 2 is 2.40 bits per heavy atom. The zero-order valence-electron chi connectivity index (χ0n) is 5.69. The van der Waals surface area contributed by atoms with Gasteiger partial charge in [-0.2, -0.15) is 0 Å². The molecule has 0 aromatic rings. The molecule has 1 heterocycles. The van der Waals surface area contributed by atoms with Crippen LogP contribution >= 0.6 is 11.6 Å². The molecule has 1 aliphatic heterocycles. The summed E-state index contributed by atoms with van der Waals surface area (Å²) in [7, 11) is 0. The van der Waals surface area contributed by atoms with Crippen molar-refractivity contribution in [3.8, 4) is 0 Å². The average Bonchev–Trinajstić information content (AvgIpc) is 1.88. The van der Waals surface area contributed by atoms with Crippen LogP contribution in [0.25, 0.3) is 0 Å². The van der Waals surface area contributed by atoms with E-state index in [4.69, 9.17) is 17.3 Å². The van der Waals surface area contributed by atoms with E-state index in [0.29, 0.717) is 5.16 Å². The summed E-state index contributed by atoms with van der Waals surface area (Å²) in [6.45, 7) is 1.82. The van der Waals surface area contributed by atoms with Crippen molar-refractivity contribution in [2.45, 2.75) is 6.92 Å². The van der Waals surface area contributed by atoms with Crippen LogP contribution in [-0.2, 0) is 0 Å². The minimum absolute atomic E-state index is 0.599. The number of hydrogen-bond acceptors (Lipinski definition) is 2. The normalized spacial score (nSPS) is 21.6. The van der Waals surface area contributed by atoms with E-state index >= 15 is 0 Å². The highest BCUT2D eigenvalue weighted by Gasteiger charge is 1.99. The lowest BCUT2D eigenvalue weighted by molar-refractivity contribution is 1.02. The first-order valence-electron chi connectivity index (χ1n) is 2.97. The van der Waals surface area contributed by atoms with Crippen LogP contribution in [0.3, 0.4) is 0 Å².